The zero-order valence-electron chi connectivity index (χ0n) is 11.9. The van der Waals surface area contributed by atoms with Crippen LogP contribution in [0.1, 0.15) is 16.1 Å². The summed E-state index contributed by atoms with van der Waals surface area (Å²) in [5, 5.41) is 18.2. The molecule has 1 aromatic carbocycles. The average molecular weight is 318 g/mol. The van der Waals surface area contributed by atoms with Gasteiger partial charge in [0.2, 0.25) is 0 Å². The molecule has 0 aliphatic heterocycles. The van der Waals surface area contributed by atoms with Gasteiger partial charge >= 0.3 is 0 Å². The number of rotatable bonds is 3. The lowest BCUT2D eigenvalue weighted by atomic mass is 10.2. The molecule has 0 atom stereocenters. The Morgan fingerprint density at radius 2 is 2.05 bits per heavy atom. The third-order valence-electron chi connectivity index (χ3n) is 3.25. The highest BCUT2D eigenvalue weighted by molar-refractivity contribution is 6.30. The smallest absolute Gasteiger partial charge is 0.272 e. The minimum Gasteiger partial charge on any atom is -0.277 e. The quantitative estimate of drug-likeness (QED) is 0.792. The molecule has 1 amide bonds. The van der Waals surface area contributed by atoms with Gasteiger partial charge in [0.25, 0.3) is 11.9 Å². The number of aromatic amines is 1. The summed E-state index contributed by atoms with van der Waals surface area (Å²) >= 11 is 5.88. The van der Waals surface area contributed by atoms with E-state index in [4.69, 9.17) is 11.6 Å². The highest BCUT2D eigenvalue weighted by Gasteiger charge is 2.21. The van der Waals surface area contributed by atoms with E-state index in [1.54, 1.807) is 23.9 Å². The number of hydrogen-bond acceptors (Lipinski definition) is 5. The number of nitrogens with one attached hydrogen (secondary N) is 1. The number of aromatic nitrogens is 6. The predicted molar refractivity (Wildman–Crippen MR) is 80.2 cm³/mol. The van der Waals surface area contributed by atoms with Crippen molar-refractivity contribution in [2.24, 2.45) is 0 Å². The summed E-state index contributed by atoms with van der Waals surface area (Å²) in [6.45, 7) is 1.82. The molecule has 0 unspecified atom stereocenters. The fourth-order valence-electron chi connectivity index (χ4n) is 2.03. The molecule has 0 aliphatic rings. The molecule has 0 saturated carbocycles. The van der Waals surface area contributed by atoms with Crippen LogP contribution in [0.5, 0.6) is 0 Å². The van der Waals surface area contributed by atoms with Gasteiger partial charge in [0.15, 0.2) is 0 Å². The monoisotopic (exact) mass is 317 g/mol. The van der Waals surface area contributed by atoms with E-state index < -0.39 is 0 Å². The number of anilines is 1. The number of halogens is 1. The zero-order chi connectivity index (χ0) is 15.7. The van der Waals surface area contributed by atoms with Crippen LogP contribution in [0, 0.1) is 6.92 Å². The summed E-state index contributed by atoms with van der Waals surface area (Å²) in [5.74, 6) is -0.0669. The molecule has 0 saturated heterocycles. The average Bonchev–Trinajstić information content (AvgIpc) is 3.16. The van der Waals surface area contributed by atoms with Gasteiger partial charge in [0, 0.05) is 12.1 Å². The molecule has 3 aromatic rings. The van der Waals surface area contributed by atoms with Crippen LogP contribution < -0.4 is 4.90 Å². The van der Waals surface area contributed by atoms with Gasteiger partial charge in [-0.25, -0.2) is 4.68 Å². The van der Waals surface area contributed by atoms with Crippen molar-refractivity contribution < 1.29 is 4.79 Å². The molecule has 112 valence electrons. The van der Waals surface area contributed by atoms with E-state index in [1.165, 1.54) is 11.1 Å². The Balaban J connectivity index is 1.93. The van der Waals surface area contributed by atoms with Crippen molar-refractivity contribution in [2.75, 3.05) is 11.9 Å². The first-order chi connectivity index (χ1) is 10.6. The molecule has 3 rings (SSSR count). The number of carbonyl (C=O) groups excluding carboxylic acids is 1. The van der Waals surface area contributed by atoms with E-state index in [2.05, 4.69) is 25.7 Å². The highest BCUT2D eigenvalue weighted by atomic mass is 35.5. The van der Waals surface area contributed by atoms with Gasteiger partial charge in [0.1, 0.15) is 0 Å². The van der Waals surface area contributed by atoms with Crippen LogP contribution in [0.15, 0.2) is 30.5 Å². The highest BCUT2D eigenvalue weighted by Crippen LogP contribution is 2.18. The summed E-state index contributed by atoms with van der Waals surface area (Å²) in [7, 11) is 1.58. The lowest BCUT2D eigenvalue weighted by Gasteiger charge is -2.11. The van der Waals surface area contributed by atoms with E-state index in [9.17, 15) is 4.79 Å². The van der Waals surface area contributed by atoms with E-state index in [-0.39, 0.29) is 11.9 Å². The predicted octanol–water partition coefficient (Wildman–Crippen LogP) is 1.62. The first-order valence-electron chi connectivity index (χ1n) is 6.40. The molecule has 0 spiro atoms. The van der Waals surface area contributed by atoms with Crippen molar-refractivity contribution in [3.63, 3.8) is 0 Å². The van der Waals surface area contributed by atoms with Crippen molar-refractivity contribution in [3.8, 4) is 5.69 Å². The van der Waals surface area contributed by atoms with Crippen molar-refractivity contribution >= 4 is 23.5 Å². The molecule has 0 fully saturated rings. The first kappa shape index (κ1) is 14.2. The number of hydrogen-bond donors (Lipinski definition) is 1. The van der Waals surface area contributed by atoms with Crippen molar-refractivity contribution in [1.82, 2.24) is 30.4 Å². The topological polar surface area (TPSA) is 92.6 Å². The number of carbonyl (C=O) groups is 1. The summed E-state index contributed by atoms with van der Waals surface area (Å²) in [4.78, 5) is 13.8. The lowest BCUT2D eigenvalue weighted by Crippen LogP contribution is -2.27. The van der Waals surface area contributed by atoms with Crippen molar-refractivity contribution in [1.29, 1.82) is 0 Å². The maximum Gasteiger partial charge on any atom is 0.272 e. The molecule has 2 aromatic heterocycles. The maximum absolute atomic E-state index is 12.5. The maximum atomic E-state index is 12.5. The van der Waals surface area contributed by atoms with Gasteiger partial charge in [-0.3, -0.25) is 9.69 Å². The van der Waals surface area contributed by atoms with Crippen LogP contribution in [0.4, 0.5) is 5.95 Å². The second kappa shape index (κ2) is 5.57. The van der Waals surface area contributed by atoms with Crippen LogP contribution >= 0.6 is 11.6 Å². The Morgan fingerprint density at radius 3 is 2.68 bits per heavy atom. The van der Waals surface area contributed by atoms with E-state index >= 15 is 0 Å². The number of amides is 1. The van der Waals surface area contributed by atoms with E-state index in [0.29, 0.717) is 16.3 Å². The lowest BCUT2D eigenvalue weighted by molar-refractivity contribution is 0.0991. The van der Waals surface area contributed by atoms with Crippen LogP contribution in [0.25, 0.3) is 5.69 Å². The fourth-order valence-corrected chi connectivity index (χ4v) is 2.16. The molecule has 0 radical (unpaired) electrons. The van der Waals surface area contributed by atoms with E-state index in [1.807, 2.05) is 19.1 Å². The van der Waals surface area contributed by atoms with Crippen molar-refractivity contribution in [2.45, 2.75) is 6.92 Å². The minimum absolute atomic E-state index is 0.198. The number of benzene rings is 1. The number of tetrazole rings is 1. The molecular weight excluding hydrogens is 306 g/mol. The van der Waals surface area contributed by atoms with Gasteiger partial charge in [0.05, 0.1) is 23.1 Å². The first-order valence-corrected chi connectivity index (χ1v) is 6.78. The Kier molecular flexibility index (Phi) is 3.60. The Bertz CT molecular complexity index is 794. The SMILES string of the molecule is Cc1c(C(=O)N(C)c2nn[nH]n2)cnn1-c1ccc(Cl)cc1. The van der Waals surface area contributed by atoms with Gasteiger partial charge < -0.3 is 0 Å². The molecule has 22 heavy (non-hydrogen) atoms. The fraction of sp³-hybridized carbons (Fsp3) is 0.154. The zero-order valence-corrected chi connectivity index (χ0v) is 12.6. The van der Waals surface area contributed by atoms with E-state index in [0.717, 1.165) is 5.69 Å². The van der Waals surface area contributed by atoms with Gasteiger partial charge in [-0.2, -0.15) is 10.3 Å². The standard InChI is InChI=1S/C13H12ClN7O/c1-8-11(12(22)20(2)13-16-18-19-17-13)7-15-21(8)10-5-3-9(14)4-6-10/h3-7H,1-2H3,(H,16,17,18,19). The van der Waals surface area contributed by atoms with Gasteiger partial charge in [-0.15, -0.1) is 5.10 Å². The van der Waals surface area contributed by atoms with Gasteiger partial charge in [-0.05, 0) is 36.4 Å². The molecule has 0 aliphatic carbocycles. The third-order valence-corrected chi connectivity index (χ3v) is 3.50. The number of nitrogens with zero attached hydrogens (tertiary/aromatic N) is 6. The number of H-pyrrole nitrogens is 1. The second-order valence-corrected chi connectivity index (χ2v) is 5.04. The Hall–Kier alpha value is -2.74. The molecule has 9 heteroatoms. The minimum atomic E-state index is -0.265. The van der Waals surface area contributed by atoms with Crippen molar-refractivity contribution in [3.05, 3.63) is 46.7 Å². The van der Waals surface area contributed by atoms with Crippen LogP contribution in [0.3, 0.4) is 0 Å². The largest absolute Gasteiger partial charge is 0.277 e. The summed E-state index contributed by atoms with van der Waals surface area (Å²) in [6.07, 6.45) is 1.52. The van der Waals surface area contributed by atoms with Gasteiger partial charge in [-0.1, -0.05) is 16.7 Å². The Labute approximate surface area is 130 Å². The summed E-state index contributed by atoms with van der Waals surface area (Å²) in [5.41, 5.74) is 1.99. The normalized spacial score (nSPS) is 10.7. The second-order valence-electron chi connectivity index (χ2n) is 4.61. The summed E-state index contributed by atoms with van der Waals surface area (Å²) in [6, 6.07) is 7.20. The third kappa shape index (κ3) is 2.44. The van der Waals surface area contributed by atoms with Crippen LogP contribution in [-0.2, 0) is 0 Å². The Morgan fingerprint density at radius 1 is 1.32 bits per heavy atom. The molecular formula is C13H12ClN7O. The van der Waals surface area contributed by atoms with Crippen LogP contribution in [-0.4, -0.2) is 43.4 Å². The molecule has 0 bridgehead atoms. The molecule has 8 nitrogen and oxygen atoms in total. The van der Waals surface area contributed by atoms with Crippen LogP contribution in [0.2, 0.25) is 5.02 Å². The molecule has 1 N–H and O–H groups in total. The summed E-state index contributed by atoms with van der Waals surface area (Å²) < 4.78 is 1.67. The molecule has 2 heterocycles.